The third kappa shape index (κ3) is 3.57. The molecule has 1 unspecified atom stereocenters. The van der Waals surface area contributed by atoms with Crippen molar-refractivity contribution in [1.29, 1.82) is 0 Å². The van der Waals surface area contributed by atoms with Gasteiger partial charge in [-0.25, -0.2) is 0 Å². The molecule has 0 saturated carbocycles. The van der Waals surface area contributed by atoms with Gasteiger partial charge >= 0.3 is 0 Å². The molecule has 1 rings (SSSR count). The maximum atomic E-state index is 5.81. The summed E-state index contributed by atoms with van der Waals surface area (Å²) in [6.45, 7) is 7.68. The average molecular weight is 209 g/mol. The zero-order chi connectivity index (χ0) is 11.1. The Kier molecular flexibility index (Phi) is 5.22. The Labute approximate surface area is 93.1 Å². The first-order valence-electron chi connectivity index (χ1n) is 5.97. The molecule has 0 radical (unpaired) electrons. The first-order chi connectivity index (χ1) is 7.29. The van der Waals surface area contributed by atoms with Crippen LogP contribution in [0.15, 0.2) is 17.6 Å². The molecule has 86 valence electrons. The van der Waals surface area contributed by atoms with E-state index in [0.29, 0.717) is 12.0 Å². The summed E-state index contributed by atoms with van der Waals surface area (Å²) in [4.78, 5) is 6.45. The van der Waals surface area contributed by atoms with E-state index >= 15 is 0 Å². The Bertz CT molecular complexity index is 223. The molecule has 0 aliphatic carbocycles. The predicted molar refractivity (Wildman–Crippen MR) is 65.9 cm³/mol. The van der Waals surface area contributed by atoms with Gasteiger partial charge in [-0.1, -0.05) is 38.7 Å². The molecule has 0 fully saturated rings. The summed E-state index contributed by atoms with van der Waals surface area (Å²) in [6.07, 6.45) is 8.35. The van der Waals surface area contributed by atoms with Gasteiger partial charge in [0.2, 0.25) is 0 Å². The maximum absolute atomic E-state index is 5.81. The van der Waals surface area contributed by atoms with E-state index in [4.69, 9.17) is 5.73 Å². The molecular formula is C12H23N3. The van der Waals surface area contributed by atoms with E-state index < -0.39 is 0 Å². The van der Waals surface area contributed by atoms with E-state index in [2.05, 4.69) is 23.4 Å². The van der Waals surface area contributed by atoms with Gasteiger partial charge < -0.3 is 10.6 Å². The summed E-state index contributed by atoms with van der Waals surface area (Å²) in [6, 6.07) is 0.514. The SMILES string of the molecule is C=CCN1C(N)=NCC1CCCCCC. The van der Waals surface area contributed by atoms with Crippen molar-refractivity contribution in [2.24, 2.45) is 10.7 Å². The van der Waals surface area contributed by atoms with Crippen LogP contribution in [-0.4, -0.2) is 30.0 Å². The number of nitrogens with zero attached hydrogens (tertiary/aromatic N) is 2. The Morgan fingerprint density at radius 3 is 3.00 bits per heavy atom. The fraction of sp³-hybridized carbons (Fsp3) is 0.750. The summed E-state index contributed by atoms with van der Waals surface area (Å²) in [5, 5.41) is 0. The highest BCUT2D eigenvalue weighted by Gasteiger charge is 2.23. The van der Waals surface area contributed by atoms with Crippen molar-refractivity contribution < 1.29 is 0 Å². The van der Waals surface area contributed by atoms with Gasteiger partial charge in [-0.3, -0.25) is 4.99 Å². The molecule has 0 bridgehead atoms. The molecule has 1 atom stereocenters. The Morgan fingerprint density at radius 1 is 1.53 bits per heavy atom. The Hall–Kier alpha value is -0.990. The zero-order valence-corrected chi connectivity index (χ0v) is 9.78. The summed E-state index contributed by atoms with van der Waals surface area (Å²) < 4.78 is 0. The van der Waals surface area contributed by atoms with Crippen molar-refractivity contribution in [3.63, 3.8) is 0 Å². The molecule has 0 spiro atoms. The Morgan fingerprint density at radius 2 is 2.33 bits per heavy atom. The highest BCUT2D eigenvalue weighted by molar-refractivity contribution is 5.80. The number of aliphatic imine (C=N–C) groups is 1. The third-order valence-electron chi connectivity index (χ3n) is 2.92. The molecule has 0 saturated heterocycles. The van der Waals surface area contributed by atoms with Crippen molar-refractivity contribution in [1.82, 2.24) is 4.90 Å². The van der Waals surface area contributed by atoms with Crippen molar-refractivity contribution in [3.8, 4) is 0 Å². The molecule has 0 amide bonds. The molecule has 3 heteroatoms. The molecule has 15 heavy (non-hydrogen) atoms. The minimum Gasteiger partial charge on any atom is -0.370 e. The molecule has 1 heterocycles. The van der Waals surface area contributed by atoms with Gasteiger partial charge in [-0.2, -0.15) is 0 Å². The smallest absolute Gasteiger partial charge is 0.191 e. The lowest BCUT2D eigenvalue weighted by atomic mass is 10.1. The average Bonchev–Trinajstić information content (AvgIpc) is 2.57. The van der Waals surface area contributed by atoms with Gasteiger partial charge in [-0.05, 0) is 6.42 Å². The number of unbranched alkanes of at least 4 members (excludes halogenated alkanes) is 3. The van der Waals surface area contributed by atoms with E-state index in [0.717, 1.165) is 13.1 Å². The summed E-state index contributed by atoms with van der Waals surface area (Å²) in [7, 11) is 0. The van der Waals surface area contributed by atoms with Gasteiger partial charge in [0, 0.05) is 6.54 Å². The fourth-order valence-electron chi connectivity index (χ4n) is 2.01. The third-order valence-corrected chi connectivity index (χ3v) is 2.92. The lowest BCUT2D eigenvalue weighted by molar-refractivity contribution is 0.341. The van der Waals surface area contributed by atoms with Crippen molar-refractivity contribution in [2.45, 2.75) is 45.1 Å². The van der Waals surface area contributed by atoms with E-state index in [1.54, 1.807) is 0 Å². The van der Waals surface area contributed by atoms with Gasteiger partial charge in [0.15, 0.2) is 5.96 Å². The minimum absolute atomic E-state index is 0.514. The first-order valence-corrected chi connectivity index (χ1v) is 5.97. The van der Waals surface area contributed by atoms with Crippen LogP contribution in [0.25, 0.3) is 0 Å². The molecule has 3 nitrogen and oxygen atoms in total. The monoisotopic (exact) mass is 209 g/mol. The number of hydrogen-bond donors (Lipinski definition) is 1. The minimum atomic E-state index is 0.514. The predicted octanol–water partition coefficient (Wildman–Crippen LogP) is 2.14. The summed E-state index contributed by atoms with van der Waals surface area (Å²) in [5.74, 6) is 0.690. The van der Waals surface area contributed by atoms with Gasteiger partial charge in [0.05, 0.1) is 12.6 Å². The van der Waals surface area contributed by atoms with Crippen LogP contribution in [-0.2, 0) is 0 Å². The van der Waals surface area contributed by atoms with Crippen LogP contribution in [0, 0.1) is 0 Å². The molecule has 0 aromatic carbocycles. The van der Waals surface area contributed by atoms with Crippen molar-refractivity contribution in [2.75, 3.05) is 13.1 Å². The van der Waals surface area contributed by atoms with Crippen LogP contribution in [0.3, 0.4) is 0 Å². The van der Waals surface area contributed by atoms with Crippen molar-refractivity contribution >= 4 is 5.96 Å². The van der Waals surface area contributed by atoms with Crippen LogP contribution in [0.4, 0.5) is 0 Å². The lowest BCUT2D eigenvalue weighted by Gasteiger charge is -2.24. The lowest BCUT2D eigenvalue weighted by Crippen LogP contribution is -2.40. The van der Waals surface area contributed by atoms with E-state index in [9.17, 15) is 0 Å². The second-order valence-electron chi connectivity index (χ2n) is 4.14. The quantitative estimate of drug-likeness (QED) is 0.515. The molecule has 1 aliphatic heterocycles. The molecular weight excluding hydrogens is 186 g/mol. The molecule has 2 N–H and O–H groups in total. The second-order valence-corrected chi connectivity index (χ2v) is 4.14. The van der Waals surface area contributed by atoms with Crippen LogP contribution in [0.2, 0.25) is 0 Å². The standard InChI is InChI=1S/C12H23N3/c1-3-5-6-7-8-11-10-14-12(13)15(11)9-4-2/h4,11H,2-3,5-10H2,1H3,(H2,13,14). The summed E-state index contributed by atoms with van der Waals surface area (Å²) in [5.41, 5.74) is 5.81. The first kappa shape index (κ1) is 12.1. The van der Waals surface area contributed by atoms with E-state index in [1.165, 1.54) is 32.1 Å². The van der Waals surface area contributed by atoms with Gasteiger partial charge in [-0.15, -0.1) is 6.58 Å². The largest absolute Gasteiger partial charge is 0.370 e. The molecule has 0 aromatic rings. The number of hydrogen-bond acceptors (Lipinski definition) is 3. The van der Waals surface area contributed by atoms with Gasteiger partial charge in [0.25, 0.3) is 0 Å². The van der Waals surface area contributed by atoms with Crippen LogP contribution >= 0.6 is 0 Å². The Balaban J connectivity index is 2.26. The number of guanidine groups is 1. The van der Waals surface area contributed by atoms with Crippen LogP contribution < -0.4 is 5.73 Å². The van der Waals surface area contributed by atoms with Gasteiger partial charge in [0.1, 0.15) is 0 Å². The molecule has 1 aliphatic rings. The maximum Gasteiger partial charge on any atom is 0.191 e. The van der Waals surface area contributed by atoms with Crippen LogP contribution in [0.1, 0.15) is 39.0 Å². The van der Waals surface area contributed by atoms with Crippen LogP contribution in [0.5, 0.6) is 0 Å². The summed E-state index contributed by atoms with van der Waals surface area (Å²) >= 11 is 0. The van der Waals surface area contributed by atoms with Crippen molar-refractivity contribution in [3.05, 3.63) is 12.7 Å². The normalized spacial score (nSPS) is 20.5. The number of rotatable bonds is 7. The molecule has 0 aromatic heterocycles. The highest BCUT2D eigenvalue weighted by atomic mass is 15.3. The second kappa shape index (κ2) is 6.49. The highest BCUT2D eigenvalue weighted by Crippen LogP contribution is 2.15. The van der Waals surface area contributed by atoms with E-state index in [-0.39, 0.29) is 0 Å². The number of nitrogens with two attached hydrogens (primary N) is 1. The zero-order valence-electron chi connectivity index (χ0n) is 9.78. The fourth-order valence-corrected chi connectivity index (χ4v) is 2.01. The van der Waals surface area contributed by atoms with E-state index in [1.807, 2.05) is 6.08 Å². The topological polar surface area (TPSA) is 41.6 Å².